The molecule has 3 nitrogen and oxygen atoms in total. The summed E-state index contributed by atoms with van der Waals surface area (Å²) in [5.74, 6) is 0.111. The highest BCUT2D eigenvalue weighted by Gasteiger charge is 2.37. The zero-order valence-corrected chi connectivity index (χ0v) is 12.8. The molecule has 20 heavy (non-hydrogen) atoms. The highest BCUT2D eigenvalue weighted by Crippen LogP contribution is 2.35. The summed E-state index contributed by atoms with van der Waals surface area (Å²) in [4.78, 5) is 11.8. The van der Waals surface area contributed by atoms with Crippen molar-refractivity contribution in [2.45, 2.75) is 64.0 Å². The van der Waals surface area contributed by atoms with Gasteiger partial charge < -0.3 is 11.1 Å². The fourth-order valence-electron chi connectivity index (χ4n) is 2.38. The van der Waals surface area contributed by atoms with Crippen LogP contribution in [0.15, 0.2) is 24.3 Å². The van der Waals surface area contributed by atoms with Crippen molar-refractivity contribution in [1.82, 2.24) is 5.32 Å². The lowest BCUT2D eigenvalue weighted by atomic mass is 10.0. The zero-order chi connectivity index (χ0) is 14.8. The van der Waals surface area contributed by atoms with Crippen LogP contribution in [0.25, 0.3) is 0 Å². The van der Waals surface area contributed by atoms with Crippen LogP contribution in [0, 0.1) is 0 Å². The number of carbonyl (C=O) groups excluding carboxylic acids is 1. The zero-order valence-electron chi connectivity index (χ0n) is 12.8. The first-order valence-corrected chi connectivity index (χ1v) is 7.44. The van der Waals surface area contributed by atoms with Crippen molar-refractivity contribution < 1.29 is 4.79 Å². The Balaban J connectivity index is 1.86. The van der Waals surface area contributed by atoms with E-state index in [1.54, 1.807) is 0 Å². The van der Waals surface area contributed by atoms with E-state index in [1.165, 1.54) is 11.1 Å². The quantitative estimate of drug-likeness (QED) is 0.867. The lowest BCUT2D eigenvalue weighted by Crippen LogP contribution is -2.40. The molecular formula is C17H26N2O. The first-order chi connectivity index (χ1) is 9.26. The number of carbonyl (C=O) groups is 1. The summed E-state index contributed by atoms with van der Waals surface area (Å²) in [6.45, 7) is 6.01. The van der Waals surface area contributed by atoms with Crippen LogP contribution in [0.1, 0.15) is 51.2 Å². The maximum absolute atomic E-state index is 11.8. The van der Waals surface area contributed by atoms with Gasteiger partial charge in [-0.3, -0.25) is 4.79 Å². The van der Waals surface area contributed by atoms with Gasteiger partial charge in [0, 0.05) is 17.5 Å². The fraction of sp³-hybridized carbons (Fsp3) is 0.588. The minimum atomic E-state index is -0.156. The lowest BCUT2D eigenvalue weighted by molar-refractivity contribution is -0.122. The number of rotatable bonds is 5. The van der Waals surface area contributed by atoms with Gasteiger partial charge in [-0.25, -0.2) is 0 Å². The normalized spacial score (nSPS) is 16.8. The lowest BCUT2D eigenvalue weighted by Gasteiger charge is -2.20. The van der Waals surface area contributed by atoms with E-state index in [0.29, 0.717) is 6.42 Å². The number of amides is 1. The Bertz CT molecular complexity index is 484. The number of hydrogen-bond donors (Lipinski definition) is 2. The average molecular weight is 274 g/mol. The monoisotopic (exact) mass is 274 g/mol. The Morgan fingerprint density at radius 1 is 1.30 bits per heavy atom. The molecule has 0 spiro atoms. The molecule has 3 heteroatoms. The van der Waals surface area contributed by atoms with Crippen molar-refractivity contribution in [2.75, 3.05) is 0 Å². The molecule has 0 atom stereocenters. The van der Waals surface area contributed by atoms with E-state index in [2.05, 4.69) is 29.6 Å². The van der Waals surface area contributed by atoms with E-state index in [4.69, 9.17) is 5.73 Å². The van der Waals surface area contributed by atoms with Gasteiger partial charge in [0.05, 0.1) is 0 Å². The van der Waals surface area contributed by atoms with E-state index < -0.39 is 0 Å². The fourth-order valence-corrected chi connectivity index (χ4v) is 2.38. The largest absolute Gasteiger partial charge is 0.351 e. The molecule has 1 aromatic carbocycles. The van der Waals surface area contributed by atoms with Crippen molar-refractivity contribution in [1.29, 1.82) is 0 Å². The number of benzene rings is 1. The minimum Gasteiger partial charge on any atom is -0.351 e. The van der Waals surface area contributed by atoms with Crippen molar-refractivity contribution in [3.05, 3.63) is 35.4 Å². The molecule has 1 aromatic rings. The Kier molecular flexibility index (Phi) is 4.19. The van der Waals surface area contributed by atoms with Crippen molar-refractivity contribution >= 4 is 5.91 Å². The first-order valence-electron chi connectivity index (χ1n) is 7.44. The third kappa shape index (κ3) is 4.97. The molecule has 1 aliphatic carbocycles. The van der Waals surface area contributed by atoms with Gasteiger partial charge >= 0.3 is 0 Å². The molecule has 2 rings (SSSR count). The standard InChI is InChI=1S/C17H26N2O/c1-16(2,3)19-15(20)8-7-13-5-4-6-14(11-13)12-17(18)9-10-17/h4-6,11H,7-10,12,18H2,1-3H3,(H,19,20). The molecule has 0 aliphatic heterocycles. The van der Waals surface area contributed by atoms with Crippen LogP contribution in [0.5, 0.6) is 0 Å². The van der Waals surface area contributed by atoms with Gasteiger partial charge in [-0.15, -0.1) is 0 Å². The molecule has 1 amide bonds. The summed E-state index contributed by atoms with van der Waals surface area (Å²) < 4.78 is 0. The Labute approximate surface area is 121 Å². The highest BCUT2D eigenvalue weighted by molar-refractivity contribution is 5.76. The van der Waals surface area contributed by atoms with Crippen molar-refractivity contribution in [3.63, 3.8) is 0 Å². The average Bonchev–Trinajstić information content (AvgIpc) is 3.02. The first kappa shape index (κ1) is 15.0. The molecule has 1 saturated carbocycles. The van der Waals surface area contributed by atoms with Crippen LogP contribution in [0.3, 0.4) is 0 Å². The third-order valence-corrected chi connectivity index (χ3v) is 3.59. The van der Waals surface area contributed by atoms with Gasteiger partial charge in [0.2, 0.25) is 5.91 Å². The summed E-state index contributed by atoms with van der Waals surface area (Å²) in [6, 6.07) is 8.48. The second kappa shape index (κ2) is 5.57. The highest BCUT2D eigenvalue weighted by atomic mass is 16.1. The summed E-state index contributed by atoms with van der Waals surface area (Å²) in [7, 11) is 0. The van der Waals surface area contributed by atoms with Gasteiger partial charge in [-0.05, 0) is 57.6 Å². The number of hydrogen-bond acceptors (Lipinski definition) is 2. The van der Waals surface area contributed by atoms with E-state index in [0.717, 1.165) is 25.7 Å². The molecule has 0 saturated heterocycles. The van der Waals surface area contributed by atoms with Crippen LogP contribution in [-0.4, -0.2) is 17.0 Å². The second-order valence-corrected chi connectivity index (χ2v) is 7.16. The topological polar surface area (TPSA) is 55.1 Å². The van der Waals surface area contributed by atoms with E-state index in [-0.39, 0.29) is 17.0 Å². The number of aryl methyl sites for hydroxylation is 1. The van der Waals surface area contributed by atoms with Crippen molar-refractivity contribution in [3.8, 4) is 0 Å². The summed E-state index contributed by atoms with van der Waals surface area (Å²) in [5, 5.41) is 2.99. The van der Waals surface area contributed by atoms with Gasteiger partial charge in [0.15, 0.2) is 0 Å². The Morgan fingerprint density at radius 2 is 1.95 bits per heavy atom. The van der Waals surface area contributed by atoms with Gasteiger partial charge in [-0.2, -0.15) is 0 Å². The molecule has 1 aliphatic rings. The van der Waals surface area contributed by atoms with Crippen molar-refractivity contribution in [2.24, 2.45) is 5.73 Å². The molecule has 0 aromatic heterocycles. The Hall–Kier alpha value is -1.35. The second-order valence-electron chi connectivity index (χ2n) is 7.16. The maximum atomic E-state index is 11.8. The Morgan fingerprint density at radius 3 is 2.55 bits per heavy atom. The summed E-state index contributed by atoms with van der Waals surface area (Å²) in [5.41, 5.74) is 8.55. The maximum Gasteiger partial charge on any atom is 0.220 e. The van der Waals surface area contributed by atoms with Crippen LogP contribution >= 0.6 is 0 Å². The third-order valence-electron chi connectivity index (χ3n) is 3.59. The number of nitrogens with one attached hydrogen (secondary N) is 1. The molecule has 0 bridgehead atoms. The molecule has 0 heterocycles. The molecular weight excluding hydrogens is 248 g/mol. The smallest absolute Gasteiger partial charge is 0.220 e. The predicted molar refractivity (Wildman–Crippen MR) is 82.5 cm³/mol. The SMILES string of the molecule is CC(C)(C)NC(=O)CCc1cccc(CC2(N)CC2)c1. The van der Waals surface area contributed by atoms with Gasteiger partial charge in [0.1, 0.15) is 0 Å². The van der Waals surface area contributed by atoms with Gasteiger partial charge in [-0.1, -0.05) is 24.3 Å². The molecule has 3 N–H and O–H groups in total. The van der Waals surface area contributed by atoms with Crippen LogP contribution in [-0.2, 0) is 17.6 Å². The minimum absolute atomic E-state index is 0.0439. The summed E-state index contributed by atoms with van der Waals surface area (Å²) in [6.07, 6.45) is 4.53. The molecule has 1 fully saturated rings. The number of nitrogens with two attached hydrogens (primary N) is 1. The van der Waals surface area contributed by atoms with E-state index >= 15 is 0 Å². The van der Waals surface area contributed by atoms with Gasteiger partial charge in [0.25, 0.3) is 0 Å². The summed E-state index contributed by atoms with van der Waals surface area (Å²) >= 11 is 0. The van der Waals surface area contributed by atoms with Crippen LogP contribution in [0.4, 0.5) is 0 Å². The van der Waals surface area contributed by atoms with Crippen LogP contribution in [0.2, 0.25) is 0 Å². The predicted octanol–water partition coefficient (Wildman–Crippen LogP) is 2.57. The van der Waals surface area contributed by atoms with E-state index in [9.17, 15) is 4.79 Å². The molecule has 0 radical (unpaired) electrons. The van der Waals surface area contributed by atoms with E-state index in [1.807, 2.05) is 20.8 Å². The molecule has 110 valence electrons. The van der Waals surface area contributed by atoms with Crippen LogP contribution < -0.4 is 11.1 Å². The molecule has 0 unspecified atom stereocenters.